The number of benzene rings is 3. The van der Waals surface area contributed by atoms with Gasteiger partial charge in [0.1, 0.15) is 11.4 Å². The van der Waals surface area contributed by atoms with Gasteiger partial charge >= 0.3 is 0 Å². The lowest BCUT2D eigenvalue weighted by Gasteiger charge is -2.33. The molecular formula is C24H23NO3. The van der Waals surface area contributed by atoms with Crippen LogP contribution in [0.25, 0.3) is 0 Å². The lowest BCUT2D eigenvalue weighted by atomic mass is 9.77. The number of ether oxygens (including phenoxy) is 1. The monoisotopic (exact) mass is 373 g/mol. The first-order valence-corrected chi connectivity index (χ1v) is 9.39. The minimum absolute atomic E-state index is 0.206. The fourth-order valence-corrected chi connectivity index (χ4v) is 4.16. The summed E-state index contributed by atoms with van der Waals surface area (Å²) < 4.78 is 5.61. The molecule has 142 valence electrons. The van der Waals surface area contributed by atoms with Gasteiger partial charge in [-0.15, -0.1) is 0 Å². The summed E-state index contributed by atoms with van der Waals surface area (Å²) in [5.41, 5.74) is 3.46. The van der Waals surface area contributed by atoms with E-state index in [0.717, 1.165) is 35.1 Å². The van der Waals surface area contributed by atoms with E-state index >= 15 is 0 Å². The normalized spacial score (nSPS) is 14.4. The quantitative estimate of drug-likeness (QED) is 0.739. The van der Waals surface area contributed by atoms with Gasteiger partial charge in [0.05, 0.1) is 7.11 Å². The topological polar surface area (TPSA) is 58.6 Å². The number of aliphatic hydroxyl groups is 1. The number of hydrogen-bond acceptors (Lipinski definition) is 3. The van der Waals surface area contributed by atoms with Crippen LogP contribution in [-0.4, -0.2) is 25.2 Å². The molecule has 2 N–H and O–H groups in total. The Morgan fingerprint density at radius 2 is 1.50 bits per heavy atom. The number of nitrogens with one attached hydrogen (secondary N) is 1. The van der Waals surface area contributed by atoms with Crippen molar-refractivity contribution < 1.29 is 14.6 Å². The number of fused-ring (bicyclic) bond motifs is 2. The molecule has 0 aromatic heterocycles. The highest BCUT2D eigenvalue weighted by Crippen LogP contribution is 2.45. The first kappa shape index (κ1) is 18.3. The Labute approximate surface area is 164 Å². The Morgan fingerprint density at radius 1 is 0.929 bits per heavy atom. The molecule has 1 aliphatic carbocycles. The maximum atomic E-state index is 12.3. The zero-order valence-corrected chi connectivity index (χ0v) is 16.0. The summed E-state index contributed by atoms with van der Waals surface area (Å²) in [6.45, 7) is 0. The summed E-state index contributed by atoms with van der Waals surface area (Å²) in [6.07, 6.45) is 1.68. The molecule has 0 saturated heterocycles. The fraction of sp³-hybridized carbons (Fsp3) is 0.208. The largest absolute Gasteiger partial charge is 0.496 e. The molecule has 0 heterocycles. The van der Waals surface area contributed by atoms with Crippen LogP contribution in [0.15, 0.2) is 66.7 Å². The zero-order valence-electron chi connectivity index (χ0n) is 16.0. The van der Waals surface area contributed by atoms with Crippen molar-refractivity contribution in [2.45, 2.75) is 18.4 Å². The maximum absolute atomic E-state index is 12.3. The van der Waals surface area contributed by atoms with Gasteiger partial charge in [0.2, 0.25) is 0 Å². The van der Waals surface area contributed by atoms with E-state index in [1.807, 2.05) is 36.4 Å². The van der Waals surface area contributed by atoms with Crippen LogP contribution in [-0.2, 0) is 18.4 Å². The van der Waals surface area contributed by atoms with Crippen molar-refractivity contribution >= 4 is 5.91 Å². The molecule has 0 spiro atoms. The number of methoxy groups -OCH3 is 1. The van der Waals surface area contributed by atoms with E-state index in [9.17, 15) is 9.90 Å². The molecule has 0 unspecified atom stereocenters. The molecule has 0 aliphatic heterocycles. The lowest BCUT2D eigenvalue weighted by molar-refractivity contribution is 0.0961. The van der Waals surface area contributed by atoms with Gasteiger partial charge in [-0.25, -0.2) is 0 Å². The highest BCUT2D eigenvalue weighted by atomic mass is 16.5. The molecule has 3 aromatic carbocycles. The molecule has 4 heteroatoms. The summed E-state index contributed by atoms with van der Waals surface area (Å²) >= 11 is 0. The number of carbonyl (C=O) groups excluding carboxylic acids is 1. The Kier molecular flexibility index (Phi) is 4.65. The molecule has 0 atom stereocenters. The summed E-state index contributed by atoms with van der Waals surface area (Å²) in [5, 5.41) is 15.0. The molecule has 4 rings (SSSR count). The second kappa shape index (κ2) is 7.13. The first-order valence-electron chi connectivity index (χ1n) is 9.39. The van der Waals surface area contributed by atoms with Crippen molar-refractivity contribution in [1.29, 1.82) is 0 Å². The highest BCUT2D eigenvalue weighted by molar-refractivity contribution is 5.94. The average Bonchev–Trinajstić information content (AvgIpc) is 2.88. The van der Waals surface area contributed by atoms with Crippen molar-refractivity contribution in [3.63, 3.8) is 0 Å². The van der Waals surface area contributed by atoms with Gasteiger partial charge in [-0.05, 0) is 53.3 Å². The Hall–Kier alpha value is -3.11. The minimum Gasteiger partial charge on any atom is -0.496 e. The van der Waals surface area contributed by atoms with E-state index in [-0.39, 0.29) is 5.91 Å². The fourth-order valence-electron chi connectivity index (χ4n) is 4.16. The van der Waals surface area contributed by atoms with Crippen molar-refractivity contribution in [2.75, 3.05) is 14.2 Å². The molecule has 4 nitrogen and oxygen atoms in total. The zero-order chi connectivity index (χ0) is 19.7. The van der Waals surface area contributed by atoms with Crippen molar-refractivity contribution in [3.05, 3.63) is 100 Å². The molecule has 0 radical (unpaired) electrons. The molecular weight excluding hydrogens is 350 g/mol. The third-order valence-corrected chi connectivity index (χ3v) is 5.56. The Bertz CT molecular complexity index is 994. The SMILES string of the molecule is CNC(=O)c1ccc(OC)c(C2(O)c3ccccc3CCc3ccccc32)c1. The molecule has 28 heavy (non-hydrogen) atoms. The molecule has 0 fully saturated rings. The van der Waals surface area contributed by atoms with Crippen molar-refractivity contribution in [1.82, 2.24) is 5.32 Å². The number of amides is 1. The summed E-state index contributed by atoms with van der Waals surface area (Å²) in [7, 11) is 3.17. The molecule has 0 saturated carbocycles. The van der Waals surface area contributed by atoms with E-state index in [1.54, 1.807) is 32.4 Å². The van der Waals surface area contributed by atoms with Crippen LogP contribution in [0.4, 0.5) is 0 Å². The van der Waals surface area contributed by atoms with E-state index in [4.69, 9.17) is 4.74 Å². The van der Waals surface area contributed by atoms with Crippen LogP contribution in [0.2, 0.25) is 0 Å². The second-order valence-electron chi connectivity index (χ2n) is 7.02. The molecule has 1 amide bonds. The van der Waals surface area contributed by atoms with Gasteiger partial charge < -0.3 is 15.2 Å². The van der Waals surface area contributed by atoms with E-state index in [0.29, 0.717) is 16.9 Å². The van der Waals surface area contributed by atoms with Crippen LogP contribution in [0.3, 0.4) is 0 Å². The summed E-state index contributed by atoms with van der Waals surface area (Å²) in [4.78, 5) is 12.3. The predicted molar refractivity (Wildman–Crippen MR) is 109 cm³/mol. The van der Waals surface area contributed by atoms with Gasteiger partial charge in [-0.1, -0.05) is 48.5 Å². The van der Waals surface area contributed by atoms with Crippen LogP contribution in [0.1, 0.15) is 38.2 Å². The van der Waals surface area contributed by atoms with Crippen LogP contribution in [0.5, 0.6) is 5.75 Å². The third-order valence-electron chi connectivity index (χ3n) is 5.56. The van der Waals surface area contributed by atoms with E-state index < -0.39 is 5.60 Å². The first-order chi connectivity index (χ1) is 13.6. The molecule has 1 aliphatic rings. The number of hydrogen-bond donors (Lipinski definition) is 2. The predicted octanol–water partition coefficient (Wildman–Crippen LogP) is 3.44. The van der Waals surface area contributed by atoms with Crippen LogP contribution >= 0.6 is 0 Å². The van der Waals surface area contributed by atoms with Gasteiger partial charge in [0.15, 0.2) is 0 Å². The van der Waals surface area contributed by atoms with Crippen molar-refractivity contribution in [2.24, 2.45) is 0 Å². The van der Waals surface area contributed by atoms with Gasteiger partial charge in [0, 0.05) is 18.2 Å². The highest BCUT2D eigenvalue weighted by Gasteiger charge is 2.41. The van der Waals surface area contributed by atoms with Crippen LogP contribution in [0, 0.1) is 0 Å². The van der Waals surface area contributed by atoms with Gasteiger partial charge in [0.25, 0.3) is 5.91 Å². The third kappa shape index (κ3) is 2.77. The second-order valence-corrected chi connectivity index (χ2v) is 7.02. The smallest absolute Gasteiger partial charge is 0.251 e. The minimum atomic E-state index is -1.42. The standard InChI is InChI=1S/C24H23NO3/c1-25-23(26)18-13-14-22(28-2)21(15-18)24(27)19-9-5-3-7-16(19)11-12-17-8-4-6-10-20(17)24/h3-10,13-15,27H,11-12H2,1-2H3,(H,25,26). The molecule has 0 bridgehead atoms. The summed E-state index contributed by atoms with van der Waals surface area (Å²) in [5.74, 6) is 0.337. The van der Waals surface area contributed by atoms with E-state index in [1.165, 1.54) is 0 Å². The Morgan fingerprint density at radius 3 is 2.04 bits per heavy atom. The number of aryl methyl sites for hydroxylation is 2. The average molecular weight is 373 g/mol. The maximum Gasteiger partial charge on any atom is 0.251 e. The van der Waals surface area contributed by atoms with Gasteiger partial charge in [-0.3, -0.25) is 4.79 Å². The lowest BCUT2D eigenvalue weighted by Crippen LogP contribution is -2.31. The summed E-state index contributed by atoms with van der Waals surface area (Å²) in [6, 6.07) is 21.1. The Balaban J connectivity index is 2.07. The molecule has 3 aromatic rings. The van der Waals surface area contributed by atoms with Crippen LogP contribution < -0.4 is 10.1 Å². The number of carbonyl (C=O) groups is 1. The number of rotatable bonds is 3. The van der Waals surface area contributed by atoms with Crippen molar-refractivity contribution in [3.8, 4) is 5.75 Å². The van der Waals surface area contributed by atoms with E-state index in [2.05, 4.69) is 17.4 Å². The van der Waals surface area contributed by atoms with Gasteiger partial charge in [-0.2, -0.15) is 0 Å².